The minimum atomic E-state index is -0.537. The lowest BCUT2D eigenvalue weighted by Gasteiger charge is -2.17. The minimum Gasteiger partial charge on any atom is -0.461 e. The molecule has 1 heterocycles. The number of esters is 2. The Morgan fingerprint density at radius 1 is 1.10 bits per heavy atom. The molecule has 5 nitrogen and oxygen atoms in total. The van der Waals surface area contributed by atoms with E-state index >= 15 is 0 Å². The van der Waals surface area contributed by atoms with Crippen molar-refractivity contribution in [1.82, 2.24) is 4.98 Å². The smallest absolute Gasteiger partial charge is 0.356 e. The van der Waals surface area contributed by atoms with Crippen LogP contribution in [-0.4, -0.2) is 30.1 Å². The van der Waals surface area contributed by atoms with Crippen LogP contribution in [0.4, 0.5) is 0 Å². The molecule has 0 saturated heterocycles. The highest BCUT2D eigenvalue weighted by Crippen LogP contribution is 2.14. The van der Waals surface area contributed by atoms with Crippen LogP contribution >= 0.6 is 0 Å². The summed E-state index contributed by atoms with van der Waals surface area (Å²) < 4.78 is 10.1. The van der Waals surface area contributed by atoms with Crippen LogP contribution in [0.15, 0.2) is 18.2 Å². The zero-order valence-corrected chi connectivity index (χ0v) is 12.4. The normalized spacial score (nSPS) is 11.0. The summed E-state index contributed by atoms with van der Waals surface area (Å²) in [5, 5.41) is 0. The number of carbonyl (C=O) groups is 2. The number of ether oxygens (including phenoxy) is 2. The van der Waals surface area contributed by atoms with E-state index in [4.69, 9.17) is 9.47 Å². The zero-order valence-electron chi connectivity index (χ0n) is 12.4. The Kier molecular flexibility index (Phi) is 5.67. The van der Waals surface area contributed by atoms with E-state index in [9.17, 15) is 9.59 Å². The summed E-state index contributed by atoms with van der Waals surface area (Å²) >= 11 is 0. The Morgan fingerprint density at radius 3 is 2.15 bits per heavy atom. The highest BCUT2D eigenvalue weighted by atomic mass is 16.5. The second-order valence-corrected chi connectivity index (χ2v) is 5.68. The van der Waals surface area contributed by atoms with Gasteiger partial charge in [0.15, 0.2) is 0 Å². The van der Waals surface area contributed by atoms with E-state index in [1.807, 2.05) is 27.7 Å². The van der Waals surface area contributed by atoms with Gasteiger partial charge in [-0.2, -0.15) is 0 Å². The summed E-state index contributed by atoms with van der Waals surface area (Å²) in [5.74, 6) is -1.07. The molecular weight excluding hydrogens is 258 g/mol. The Hall–Kier alpha value is -1.91. The molecular formula is C15H21NO4. The first kappa shape index (κ1) is 16.1. The molecule has 0 aliphatic carbocycles. The molecule has 0 bridgehead atoms. The van der Waals surface area contributed by atoms with Gasteiger partial charge in [-0.05, 0) is 24.0 Å². The fourth-order valence-corrected chi connectivity index (χ4v) is 1.29. The van der Waals surface area contributed by atoms with E-state index in [1.165, 1.54) is 12.1 Å². The third-order valence-corrected chi connectivity index (χ3v) is 2.24. The van der Waals surface area contributed by atoms with E-state index in [2.05, 4.69) is 4.98 Å². The van der Waals surface area contributed by atoms with E-state index in [0.29, 0.717) is 6.61 Å². The number of nitrogens with zero attached hydrogens (tertiary/aromatic N) is 1. The van der Waals surface area contributed by atoms with E-state index < -0.39 is 11.9 Å². The summed E-state index contributed by atoms with van der Waals surface area (Å²) in [4.78, 5) is 27.5. The SMILES string of the molecule is CCCOC(=O)c1cccc(C(=O)OCC(C)(C)C)n1. The topological polar surface area (TPSA) is 65.5 Å². The molecule has 5 heteroatoms. The van der Waals surface area contributed by atoms with E-state index in [-0.39, 0.29) is 23.4 Å². The first-order chi connectivity index (χ1) is 9.33. The second kappa shape index (κ2) is 7.03. The largest absolute Gasteiger partial charge is 0.461 e. The Labute approximate surface area is 119 Å². The molecule has 1 aromatic rings. The van der Waals surface area contributed by atoms with Gasteiger partial charge in [-0.15, -0.1) is 0 Å². The van der Waals surface area contributed by atoms with E-state index in [1.54, 1.807) is 6.07 Å². The molecule has 0 aliphatic rings. The Balaban J connectivity index is 2.72. The highest BCUT2D eigenvalue weighted by Gasteiger charge is 2.17. The lowest BCUT2D eigenvalue weighted by Crippen LogP contribution is -2.19. The Bertz CT molecular complexity index is 477. The first-order valence-electron chi connectivity index (χ1n) is 6.65. The number of rotatable bonds is 5. The van der Waals surface area contributed by atoms with Crippen molar-refractivity contribution in [3.05, 3.63) is 29.6 Å². The fourth-order valence-electron chi connectivity index (χ4n) is 1.29. The number of hydrogen-bond acceptors (Lipinski definition) is 5. The number of aromatic nitrogens is 1. The lowest BCUT2D eigenvalue weighted by atomic mass is 9.99. The first-order valence-corrected chi connectivity index (χ1v) is 6.65. The van der Waals surface area contributed by atoms with Crippen LogP contribution in [0.5, 0.6) is 0 Å². The summed E-state index contributed by atoms with van der Waals surface area (Å²) in [6, 6.07) is 4.61. The van der Waals surface area contributed by atoms with Crippen LogP contribution in [0, 0.1) is 5.41 Å². The van der Waals surface area contributed by atoms with Crippen LogP contribution in [0.25, 0.3) is 0 Å². The maximum absolute atomic E-state index is 11.8. The van der Waals surface area contributed by atoms with E-state index in [0.717, 1.165) is 6.42 Å². The van der Waals surface area contributed by atoms with Gasteiger partial charge >= 0.3 is 11.9 Å². The predicted molar refractivity (Wildman–Crippen MR) is 74.5 cm³/mol. The van der Waals surface area contributed by atoms with Crippen molar-refractivity contribution in [3.63, 3.8) is 0 Å². The molecule has 1 rings (SSSR count). The quantitative estimate of drug-likeness (QED) is 0.775. The van der Waals surface area contributed by atoms with Gasteiger partial charge in [0.2, 0.25) is 0 Å². The fraction of sp³-hybridized carbons (Fsp3) is 0.533. The van der Waals surface area contributed by atoms with Crippen molar-refractivity contribution in [1.29, 1.82) is 0 Å². The summed E-state index contributed by atoms with van der Waals surface area (Å²) in [7, 11) is 0. The van der Waals surface area contributed by atoms with Gasteiger partial charge in [0.05, 0.1) is 13.2 Å². The van der Waals surface area contributed by atoms with Crippen LogP contribution in [-0.2, 0) is 9.47 Å². The maximum atomic E-state index is 11.8. The molecule has 0 aliphatic heterocycles. The second-order valence-electron chi connectivity index (χ2n) is 5.68. The van der Waals surface area contributed by atoms with Crippen LogP contribution in [0.3, 0.4) is 0 Å². The number of hydrogen-bond donors (Lipinski definition) is 0. The van der Waals surface area contributed by atoms with Crippen molar-refractivity contribution in [3.8, 4) is 0 Å². The molecule has 0 radical (unpaired) electrons. The van der Waals surface area contributed by atoms with Crippen molar-refractivity contribution >= 4 is 11.9 Å². The van der Waals surface area contributed by atoms with Crippen molar-refractivity contribution < 1.29 is 19.1 Å². The van der Waals surface area contributed by atoms with Crippen molar-refractivity contribution in [2.75, 3.05) is 13.2 Å². The van der Waals surface area contributed by atoms with Gasteiger partial charge < -0.3 is 9.47 Å². The third kappa shape index (κ3) is 5.38. The van der Waals surface area contributed by atoms with Gasteiger partial charge in [0, 0.05) is 0 Å². The molecule has 0 saturated carbocycles. The molecule has 0 amide bonds. The molecule has 0 unspecified atom stereocenters. The average molecular weight is 279 g/mol. The number of carbonyl (C=O) groups excluding carboxylic acids is 2. The zero-order chi connectivity index (χ0) is 15.2. The molecule has 0 aromatic carbocycles. The van der Waals surface area contributed by atoms with Gasteiger partial charge in [-0.1, -0.05) is 33.8 Å². The van der Waals surface area contributed by atoms with Crippen LogP contribution < -0.4 is 0 Å². The van der Waals surface area contributed by atoms with Crippen molar-refractivity contribution in [2.24, 2.45) is 5.41 Å². The van der Waals surface area contributed by atoms with Gasteiger partial charge in [-0.25, -0.2) is 14.6 Å². The summed E-state index contributed by atoms with van der Waals surface area (Å²) in [6.45, 7) is 8.42. The van der Waals surface area contributed by atoms with Gasteiger partial charge in [0.1, 0.15) is 11.4 Å². The van der Waals surface area contributed by atoms with Crippen LogP contribution in [0.2, 0.25) is 0 Å². The Morgan fingerprint density at radius 2 is 1.65 bits per heavy atom. The van der Waals surface area contributed by atoms with Crippen LogP contribution in [0.1, 0.15) is 55.1 Å². The average Bonchev–Trinajstić information content (AvgIpc) is 2.41. The van der Waals surface area contributed by atoms with Crippen molar-refractivity contribution in [2.45, 2.75) is 34.1 Å². The third-order valence-electron chi connectivity index (χ3n) is 2.24. The standard InChI is InChI=1S/C15H21NO4/c1-5-9-19-13(17)11-7-6-8-12(16-11)14(18)20-10-15(2,3)4/h6-8H,5,9-10H2,1-4H3. The maximum Gasteiger partial charge on any atom is 0.356 e. The molecule has 0 fully saturated rings. The highest BCUT2D eigenvalue weighted by molar-refractivity contribution is 5.91. The molecule has 1 aromatic heterocycles. The van der Waals surface area contributed by atoms with Gasteiger partial charge in [0.25, 0.3) is 0 Å². The molecule has 20 heavy (non-hydrogen) atoms. The lowest BCUT2D eigenvalue weighted by molar-refractivity contribution is 0.0359. The number of pyridine rings is 1. The molecule has 0 atom stereocenters. The molecule has 110 valence electrons. The summed E-state index contributed by atoms with van der Waals surface area (Å²) in [5.41, 5.74) is 0.108. The molecule has 0 spiro atoms. The summed E-state index contributed by atoms with van der Waals surface area (Å²) in [6.07, 6.45) is 0.735. The predicted octanol–water partition coefficient (Wildman–Crippen LogP) is 2.85. The van der Waals surface area contributed by atoms with Gasteiger partial charge in [-0.3, -0.25) is 0 Å². The molecule has 0 N–H and O–H groups in total. The minimum absolute atomic E-state index is 0.111. The monoisotopic (exact) mass is 279 g/mol.